The minimum Gasteiger partial charge on any atom is -0.453 e. The minimum atomic E-state index is -0.745. The van der Waals surface area contributed by atoms with Gasteiger partial charge in [0, 0.05) is 51.0 Å². The van der Waals surface area contributed by atoms with E-state index in [1.165, 1.54) is 20.6 Å². The van der Waals surface area contributed by atoms with Crippen LogP contribution in [0.25, 0.3) is 33.6 Å². The summed E-state index contributed by atoms with van der Waals surface area (Å²) in [7, 11) is 4.67. The number of benzene rings is 2. The number of aldehydes is 1. The third-order valence-electron chi connectivity index (χ3n) is 11.9. The summed E-state index contributed by atoms with van der Waals surface area (Å²) in [5.74, 6) is 1.61. The van der Waals surface area contributed by atoms with Gasteiger partial charge in [0.05, 0.1) is 44.7 Å². The zero-order chi connectivity index (χ0) is 45.3. The Kier molecular flexibility index (Phi) is 18.6. The van der Waals surface area contributed by atoms with Crippen LogP contribution in [0.3, 0.4) is 0 Å². The molecule has 3 saturated heterocycles. The minimum absolute atomic E-state index is 0.0940. The second-order valence-electron chi connectivity index (χ2n) is 16.1. The summed E-state index contributed by atoms with van der Waals surface area (Å²) in [6.45, 7) is 7.92. The van der Waals surface area contributed by atoms with Crippen molar-refractivity contribution < 1.29 is 42.5 Å². The first-order valence-electron chi connectivity index (χ1n) is 21.7. The van der Waals surface area contributed by atoms with Crippen molar-refractivity contribution in [3.63, 3.8) is 0 Å². The molecule has 5 heterocycles. The van der Waals surface area contributed by atoms with Crippen molar-refractivity contribution in [2.75, 3.05) is 54.2 Å². The van der Waals surface area contributed by atoms with Crippen LogP contribution in [-0.2, 0) is 35.1 Å². The Balaban J connectivity index is 0.000000328. The lowest BCUT2D eigenvalue weighted by atomic mass is 9.93. The van der Waals surface area contributed by atoms with Crippen LogP contribution in [0.15, 0.2) is 54.7 Å². The topological polar surface area (TPSA) is 207 Å². The highest BCUT2D eigenvalue weighted by Gasteiger charge is 2.31. The van der Waals surface area contributed by atoms with Crippen molar-refractivity contribution >= 4 is 24.4 Å². The highest BCUT2D eigenvalue weighted by molar-refractivity contribution is 5.76. The molecule has 0 spiro atoms. The predicted molar refractivity (Wildman–Crippen MR) is 236 cm³/mol. The highest BCUT2D eigenvalue weighted by atomic mass is 19.1. The Morgan fingerprint density at radius 1 is 0.921 bits per heavy atom. The molecule has 3 amide bonds. The van der Waals surface area contributed by atoms with E-state index in [9.17, 15) is 19.2 Å². The lowest BCUT2D eigenvalue weighted by molar-refractivity contribution is -0.133. The number of carbonyl (C=O) groups excluding carboxylic acids is 4. The van der Waals surface area contributed by atoms with E-state index < -0.39 is 24.2 Å². The molecule has 7 rings (SSSR count). The Labute approximate surface area is 368 Å². The normalized spacial score (nSPS) is 18.5. The molecule has 16 nitrogen and oxygen atoms in total. The average molecular weight is 875 g/mol. The molecule has 0 saturated carbocycles. The lowest BCUT2D eigenvalue weighted by Crippen LogP contribution is -2.43. The molecule has 3 unspecified atom stereocenters. The van der Waals surface area contributed by atoms with Gasteiger partial charge >= 0.3 is 12.2 Å². The summed E-state index contributed by atoms with van der Waals surface area (Å²) >= 11 is 0. The molecule has 5 N–H and O–H groups in total. The van der Waals surface area contributed by atoms with E-state index >= 15 is 4.39 Å². The van der Waals surface area contributed by atoms with Crippen LogP contribution >= 0.6 is 0 Å². The number of H-pyrrole nitrogens is 2. The zero-order valence-corrected chi connectivity index (χ0v) is 37.1. The van der Waals surface area contributed by atoms with Crippen molar-refractivity contribution in [2.24, 2.45) is 17.6 Å². The number of imidazole rings is 2. The highest BCUT2D eigenvalue weighted by Crippen LogP contribution is 2.34. The van der Waals surface area contributed by atoms with Crippen LogP contribution < -0.4 is 11.1 Å². The number of aromatic amines is 2. The number of amides is 3. The van der Waals surface area contributed by atoms with E-state index in [0.29, 0.717) is 68.8 Å². The Hall–Kier alpha value is -5.65. The summed E-state index contributed by atoms with van der Waals surface area (Å²) in [6.07, 6.45) is 8.44. The van der Waals surface area contributed by atoms with Gasteiger partial charge in [-0.3, -0.25) is 9.69 Å². The quantitative estimate of drug-likeness (QED) is 0.100. The summed E-state index contributed by atoms with van der Waals surface area (Å²) < 4.78 is 33.9. The number of hydrogen-bond donors (Lipinski definition) is 4. The molecular formula is C46H63FN8O8. The SMILES string of the molecule is CCCN(Cc1nc(-c2ccc(-c3ccc(-c4cnc(C5CCC(C)N5C)[nH]4)cc3)cc2)c(F)[nH]1)C(=O)CC1CCOCC1.COC(=O)NC(C=O)C1CCOCC1.COC(N)=O. The summed E-state index contributed by atoms with van der Waals surface area (Å²) in [6, 6.07) is 16.6. The largest absolute Gasteiger partial charge is 0.453 e. The van der Waals surface area contributed by atoms with E-state index in [0.717, 1.165) is 73.0 Å². The Morgan fingerprint density at radius 2 is 1.51 bits per heavy atom. The number of nitrogens with one attached hydrogen (secondary N) is 3. The fourth-order valence-corrected chi connectivity index (χ4v) is 8.02. The van der Waals surface area contributed by atoms with E-state index in [1.54, 1.807) is 4.90 Å². The summed E-state index contributed by atoms with van der Waals surface area (Å²) in [5.41, 5.74) is 9.61. The molecule has 0 bridgehead atoms. The number of rotatable bonds is 13. The van der Waals surface area contributed by atoms with Crippen LogP contribution in [0.2, 0.25) is 0 Å². The van der Waals surface area contributed by atoms with Gasteiger partial charge in [-0.2, -0.15) is 4.39 Å². The smallest absolute Gasteiger partial charge is 0.407 e. The maximum absolute atomic E-state index is 15.0. The van der Waals surface area contributed by atoms with Crippen LogP contribution in [0.5, 0.6) is 0 Å². The van der Waals surface area contributed by atoms with Crippen LogP contribution in [-0.4, -0.2) is 120 Å². The van der Waals surface area contributed by atoms with Gasteiger partial charge in [-0.15, -0.1) is 0 Å². The molecule has 3 fully saturated rings. The van der Waals surface area contributed by atoms with Gasteiger partial charge < -0.3 is 49.7 Å². The van der Waals surface area contributed by atoms with Gasteiger partial charge in [0.25, 0.3) is 0 Å². The van der Waals surface area contributed by atoms with Gasteiger partial charge in [0.15, 0.2) is 0 Å². The third-order valence-corrected chi connectivity index (χ3v) is 11.9. The molecular weight excluding hydrogens is 812 g/mol. The lowest BCUT2D eigenvalue weighted by Gasteiger charge is -2.26. The molecule has 0 radical (unpaired) electrons. The summed E-state index contributed by atoms with van der Waals surface area (Å²) in [4.78, 5) is 63.8. The molecule has 17 heteroatoms. The predicted octanol–water partition coefficient (Wildman–Crippen LogP) is 7.03. The molecule has 2 aromatic heterocycles. The molecule has 3 atom stereocenters. The molecule has 63 heavy (non-hydrogen) atoms. The molecule has 2 aromatic carbocycles. The fourth-order valence-electron chi connectivity index (χ4n) is 8.02. The number of hydrogen-bond acceptors (Lipinski definition) is 11. The molecule has 0 aliphatic carbocycles. The monoisotopic (exact) mass is 874 g/mol. The maximum atomic E-state index is 15.0. The maximum Gasteiger partial charge on any atom is 0.407 e. The van der Waals surface area contributed by atoms with E-state index in [4.69, 9.17) is 9.47 Å². The van der Waals surface area contributed by atoms with Crippen LogP contribution in [0.4, 0.5) is 14.0 Å². The first-order valence-corrected chi connectivity index (χ1v) is 21.7. The van der Waals surface area contributed by atoms with Gasteiger partial charge in [-0.25, -0.2) is 19.6 Å². The number of halogens is 1. The Bertz CT molecular complexity index is 2050. The van der Waals surface area contributed by atoms with Crippen molar-refractivity contribution in [2.45, 2.75) is 89.9 Å². The number of ether oxygens (including phenoxy) is 4. The van der Waals surface area contributed by atoms with Gasteiger partial charge in [-0.05, 0) is 87.4 Å². The molecule has 3 aliphatic heterocycles. The van der Waals surface area contributed by atoms with E-state index in [1.807, 2.05) is 37.4 Å². The third kappa shape index (κ3) is 13.9. The van der Waals surface area contributed by atoms with E-state index in [-0.39, 0.29) is 24.1 Å². The molecule has 3 aliphatic rings. The first-order chi connectivity index (χ1) is 30.4. The van der Waals surface area contributed by atoms with Crippen molar-refractivity contribution in [1.29, 1.82) is 0 Å². The number of carbonyl (C=O) groups is 4. The van der Waals surface area contributed by atoms with Gasteiger partial charge in [0.1, 0.15) is 23.6 Å². The summed E-state index contributed by atoms with van der Waals surface area (Å²) in [5, 5.41) is 2.50. The average Bonchev–Trinajstić information content (AvgIpc) is 4.04. The first kappa shape index (κ1) is 48.4. The molecule has 342 valence electrons. The van der Waals surface area contributed by atoms with Crippen LogP contribution in [0, 0.1) is 17.8 Å². The fraction of sp³-hybridized carbons (Fsp3) is 0.522. The Morgan fingerprint density at radius 3 is 2.05 bits per heavy atom. The number of methoxy groups -OCH3 is 2. The second kappa shape index (κ2) is 24.3. The number of aromatic nitrogens is 4. The van der Waals surface area contributed by atoms with Gasteiger partial charge in [0.2, 0.25) is 11.9 Å². The van der Waals surface area contributed by atoms with E-state index in [2.05, 4.69) is 83.6 Å². The van der Waals surface area contributed by atoms with Crippen molar-refractivity contribution in [1.82, 2.24) is 35.1 Å². The van der Waals surface area contributed by atoms with Crippen LogP contribution in [0.1, 0.15) is 82.9 Å². The number of likely N-dealkylation sites (tertiary alicyclic amines) is 1. The second-order valence-corrected chi connectivity index (χ2v) is 16.1. The standard InChI is InChI=1S/C35H43FN6O2.C9H15NO4.C2H5NO2/c1-4-17-42(32(43)20-24-15-18-44-19-16-24)22-31-39-33(34(36)40-31)28-12-8-26(9-13-28)25-6-10-27(11-7-25)29-21-37-35(38-29)30-14-5-23(2)41(30)3;1-13-9(12)10-8(6-11)7-2-4-14-5-3-7;1-5-2(3)4/h6-13,21,23-24,30H,4-5,14-20,22H2,1-3H3,(H,37,38)(H,39,40);6-8H,2-5H2,1H3,(H,10,12);1H3,(H2,3,4). The van der Waals surface area contributed by atoms with Gasteiger partial charge in [-0.1, -0.05) is 55.5 Å². The number of alkyl carbamates (subject to hydrolysis) is 1. The number of nitrogens with two attached hydrogens (primary N) is 1. The zero-order valence-electron chi connectivity index (χ0n) is 37.1. The molecule has 4 aromatic rings. The van der Waals surface area contributed by atoms with Crippen molar-refractivity contribution in [3.05, 3.63) is 72.3 Å². The number of nitrogens with zero attached hydrogens (tertiary/aromatic N) is 4. The number of primary amides is 1. The van der Waals surface area contributed by atoms with Crippen molar-refractivity contribution in [3.8, 4) is 33.6 Å².